The van der Waals surface area contributed by atoms with Crippen molar-refractivity contribution < 1.29 is 17.9 Å². The van der Waals surface area contributed by atoms with E-state index in [1.807, 2.05) is 0 Å². The predicted octanol–water partition coefficient (Wildman–Crippen LogP) is 1.58. The van der Waals surface area contributed by atoms with Crippen molar-refractivity contribution in [3.8, 4) is 5.75 Å². The summed E-state index contributed by atoms with van der Waals surface area (Å²) in [5.74, 6) is 0.105. The molecule has 0 aliphatic carbocycles. The van der Waals surface area contributed by atoms with E-state index >= 15 is 0 Å². The molecule has 6 heteroatoms. The van der Waals surface area contributed by atoms with Crippen LogP contribution in [-0.2, 0) is 14.6 Å². The quantitative estimate of drug-likeness (QED) is 0.909. The molecule has 0 unspecified atom stereocenters. The molecule has 19 heavy (non-hydrogen) atoms. The lowest BCUT2D eigenvalue weighted by atomic mass is 10.1. The summed E-state index contributed by atoms with van der Waals surface area (Å²) in [5, 5.41) is 3.90. The molecule has 5 nitrogen and oxygen atoms in total. The first kappa shape index (κ1) is 13.6. The van der Waals surface area contributed by atoms with Gasteiger partial charge in [-0.05, 0) is 12.1 Å². The van der Waals surface area contributed by atoms with Crippen molar-refractivity contribution >= 4 is 21.4 Å². The second-order valence-electron chi connectivity index (χ2n) is 4.37. The normalized spacial score (nSPS) is 20.2. The van der Waals surface area contributed by atoms with Gasteiger partial charge in [0.05, 0.1) is 18.6 Å². The second kappa shape index (κ2) is 5.44. The molecule has 0 aromatic heterocycles. The summed E-state index contributed by atoms with van der Waals surface area (Å²) < 4.78 is 27.6. The van der Waals surface area contributed by atoms with Gasteiger partial charge in [0.15, 0.2) is 9.84 Å². The molecule has 0 radical (unpaired) electrons. The van der Waals surface area contributed by atoms with Crippen molar-refractivity contribution in [2.24, 2.45) is 5.92 Å². The average Bonchev–Trinajstić information content (AvgIpc) is 2.69. The van der Waals surface area contributed by atoms with Crippen molar-refractivity contribution in [2.75, 3.05) is 18.2 Å². The van der Waals surface area contributed by atoms with E-state index in [2.05, 4.69) is 5.32 Å². The highest BCUT2D eigenvalue weighted by Gasteiger charge is 2.24. The molecule has 1 heterocycles. The Balaban J connectivity index is 1.97. The highest BCUT2D eigenvalue weighted by atomic mass is 32.2. The van der Waals surface area contributed by atoms with E-state index in [4.69, 9.17) is 4.74 Å². The Morgan fingerprint density at radius 2 is 2.16 bits per heavy atom. The largest absolute Gasteiger partial charge is 0.495 e. The molecule has 102 valence electrons. The van der Waals surface area contributed by atoms with E-state index in [0.29, 0.717) is 11.4 Å². The number of para-hydroxylation sites is 2. The van der Waals surface area contributed by atoms with Crippen LogP contribution in [0.2, 0.25) is 0 Å². The fraction of sp³-hybridized carbons (Fsp3) is 0.308. The van der Waals surface area contributed by atoms with Crippen LogP contribution in [0.5, 0.6) is 5.75 Å². The third kappa shape index (κ3) is 3.57. The van der Waals surface area contributed by atoms with Gasteiger partial charge in [-0.25, -0.2) is 8.42 Å². The minimum Gasteiger partial charge on any atom is -0.495 e. The molecular formula is C13H15NO4S. The molecular weight excluding hydrogens is 266 g/mol. The third-order valence-electron chi connectivity index (χ3n) is 2.83. The minimum atomic E-state index is -3.11. The van der Waals surface area contributed by atoms with Gasteiger partial charge in [0.2, 0.25) is 5.91 Å². The number of hydrogen-bond donors (Lipinski definition) is 1. The van der Waals surface area contributed by atoms with Gasteiger partial charge in [-0.3, -0.25) is 4.79 Å². The van der Waals surface area contributed by atoms with Gasteiger partial charge in [-0.15, -0.1) is 0 Å². The number of benzene rings is 1. The van der Waals surface area contributed by atoms with E-state index in [-0.39, 0.29) is 24.0 Å². The molecule has 1 aliphatic rings. The zero-order valence-electron chi connectivity index (χ0n) is 10.5. The summed E-state index contributed by atoms with van der Waals surface area (Å²) in [5.41, 5.74) is 0.583. The van der Waals surface area contributed by atoms with Crippen molar-refractivity contribution in [1.29, 1.82) is 0 Å². The van der Waals surface area contributed by atoms with E-state index in [9.17, 15) is 13.2 Å². The van der Waals surface area contributed by atoms with Gasteiger partial charge < -0.3 is 10.1 Å². The fourth-order valence-corrected chi connectivity index (χ4v) is 3.35. The first-order valence-corrected chi connectivity index (χ1v) is 7.55. The number of allylic oxidation sites excluding steroid dienone is 1. The van der Waals surface area contributed by atoms with Gasteiger partial charge in [0.25, 0.3) is 0 Å². The molecule has 0 spiro atoms. The van der Waals surface area contributed by atoms with Crippen LogP contribution in [0.3, 0.4) is 0 Å². The molecule has 1 N–H and O–H groups in total. The van der Waals surface area contributed by atoms with Crippen molar-refractivity contribution in [1.82, 2.24) is 0 Å². The molecule has 1 aromatic carbocycles. The predicted molar refractivity (Wildman–Crippen MR) is 72.7 cm³/mol. The molecule has 0 saturated carbocycles. The Bertz CT molecular complexity index is 607. The maximum Gasteiger partial charge on any atom is 0.225 e. The maximum atomic E-state index is 11.9. The number of sulfone groups is 1. The fourth-order valence-electron chi connectivity index (χ4n) is 1.95. The summed E-state index contributed by atoms with van der Waals surface area (Å²) in [6.45, 7) is 0. The van der Waals surface area contributed by atoms with Gasteiger partial charge in [-0.1, -0.05) is 18.2 Å². The van der Waals surface area contributed by atoms with Gasteiger partial charge in [0, 0.05) is 17.7 Å². The van der Waals surface area contributed by atoms with Gasteiger partial charge >= 0.3 is 0 Å². The monoisotopic (exact) mass is 281 g/mol. The Kier molecular flexibility index (Phi) is 3.90. The van der Waals surface area contributed by atoms with Crippen LogP contribution in [0.25, 0.3) is 0 Å². The summed E-state index contributed by atoms with van der Waals surface area (Å²) in [6.07, 6.45) is 1.71. The van der Waals surface area contributed by atoms with Crippen molar-refractivity contribution in [3.05, 3.63) is 35.7 Å². The lowest BCUT2D eigenvalue weighted by Crippen LogP contribution is -2.18. The SMILES string of the molecule is COc1ccccc1NC(=O)C[C@H]1C=CS(=O)(=O)C1. The second-order valence-corrected chi connectivity index (χ2v) is 6.30. The third-order valence-corrected chi connectivity index (χ3v) is 4.30. The van der Waals surface area contributed by atoms with E-state index < -0.39 is 9.84 Å². The van der Waals surface area contributed by atoms with Crippen LogP contribution in [0, 0.1) is 5.92 Å². The molecule has 2 rings (SSSR count). The molecule has 1 amide bonds. The number of hydrogen-bond acceptors (Lipinski definition) is 4. The van der Waals surface area contributed by atoms with Crippen LogP contribution in [0.1, 0.15) is 6.42 Å². The Labute approximate surface area is 112 Å². The highest BCUT2D eigenvalue weighted by molar-refractivity contribution is 7.94. The average molecular weight is 281 g/mol. The standard InChI is InChI=1S/C13H15NO4S/c1-18-12-5-3-2-4-11(12)14-13(15)8-10-6-7-19(16,17)9-10/h2-7,10H,8-9H2,1H3,(H,14,15)/t10-/m1/s1. The number of ether oxygens (including phenoxy) is 1. The lowest BCUT2D eigenvalue weighted by molar-refractivity contribution is -0.116. The van der Waals surface area contributed by atoms with Crippen LogP contribution < -0.4 is 10.1 Å². The van der Waals surface area contributed by atoms with Crippen molar-refractivity contribution in [2.45, 2.75) is 6.42 Å². The summed E-state index contributed by atoms with van der Waals surface area (Å²) in [6, 6.07) is 7.08. The number of rotatable bonds is 4. The topological polar surface area (TPSA) is 72.5 Å². The summed E-state index contributed by atoms with van der Waals surface area (Å²) in [4.78, 5) is 11.9. The number of anilines is 1. The first-order valence-electron chi connectivity index (χ1n) is 5.84. The molecule has 1 atom stereocenters. The number of methoxy groups -OCH3 is 1. The summed E-state index contributed by atoms with van der Waals surface area (Å²) in [7, 11) is -1.59. The highest BCUT2D eigenvalue weighted by Crippen LogP contribution is 2.24. The minimum absolute atomic E-state index is 0.00629. The number of nitrogens with one attached hydrogen (secondary N) is 1. The summed E-state index contributed by atoms with van der Waals surface area (Å²) >= 11 is 0. The smallest absolute Gasteiger partial charge is 0.225 e. The molecule has 0 bridgehead atoms. The zero-order valence-corrected chi connectivity index (χ0v) is 11.3. The van der Waals surface area contributed by atoms with E-state index in [1.165, 1.54) is 12.5 Å². The van der Waals surface area contributed by atoms with Crippen LogP contribution in [-0.4, -0.2) is 27.2 Å². The van der Waals surface area contributed by atoms with E-state index in [0.717, 1.165) is 0 Å². The lowest BCUT2D eigenvalue weighted by Gasteiger charge is -2.11. The Morgan fingerprint density at radius 3 is 2.79 bits per heavy atom. The molecule has 0 saturated heterocycles. The van der Waals surface area contributed by atoms with Crippen LogP contribution in [0.4, 0.5) is 5.69 Å². The van der Waals surface area contributed by atoms with Crippen LogP contribution in [0.15, 0.2) is 35.7 Å². The molecule has 1 aromatic rings. The maximum absolute atomic E-state index is 11.9. The van der Waals surface area contributed by atoms with E-state index in [1.54, 1.807) is 30.3 Å². The number of carbonyl (C=O) groups excluding carboxylic acids is 1. The Morgan fingerprint density at radius 1 is 1.42 bits per heavy atom. The van der Waals surface area contributed by atoms with Crippen LogP contribution >= 0.6 is 0 Å². The molecule has 0 fully saturated rings. The van der Waals surface area contributed by atoms with Crippen molar-refractivity contribution in [3.63, 3.8) is 0 Å². The van der Waals surface area contributed by atoms with Gasteiger partial charge in [-0.2, -0.15) is 0 Å². The first-order chi connectivity index (χ1) is 9.00. The number of amides is 1. The Hall–Kier alpha value is -1.82. The van der Waals surface area contributed by atoms with Gasteiger partial charge in [0.1, 0.15) is 5.75 Å². The zero-order chi connectivity index (χ0) is 13.9. The molecule has 1 aliphatic heterocycles. The number of carbonyl (C=O) groups is 1.